The fourth-order valence-electron chi connectivity index (χ4n) is 2.23. The minimum atomic E-state index is -4.35. The molecule has 0 saturated carbocycles. The van der Waals surface area contributed by atoms with Gasteiger partial charge in [0.25, 0.3) is 0 Å². The van der Waals surface area contributed by atoms with Crippen LogP contribution in [0, 0.1) is 0 Å². The second-order valence-electron chi connectivity index (χ2n) is 5.23. The number of hydrogen-bond donors (Lipinski definition) is 1. The molecule has 0 aliphatic carbocycles. The molecule has 0 fully saturated rings. The van der Waals surface area contributed by atoms with Crippen LogP contribution in [0.4, 0.5) is 13.2 Å². The van der Waals surface area contributed by atoms with E-state index in [1.807, 2.05) is 22.9 Å². The van der Waals surface area contributed by atoms with Gasteiger partial charge in [-0.2, -0.15) is 13.2 Å². The Bertz CT molecular complexity index is 821. The Balaban J connectivity index is 1.96. The van der Waals surface area contributed by atoms with Gasteiger partial charge in [-0.05, 0) is 25.1 Å². The van der Waals surface area contributed by atoms with Gasteiger partial charge in [0, 0.05) is 28.9 Å². The fraction of sp³-hybridized carbons (Fsp3) is 0.267. The number of benzene rings is 1. The summed E-state index contributed by atoms with van der Waals surface area (Å²) in [6.45, 7) is 1.89. The van der Waals surface area contributed by atoms with Gasteiger partial charge in [0.1, 0.15) is 5.03 Å². The van der Waals surface area contributed by atoms with Crippen molar-refractivity contribution in [1.29, 1.82) is 0 Å². The number of thiazole rings is 1. The van der Waals surface area contributed by atoms with Gasteiger partial charge >= 0.3 is 6.18 Å². The van der Waals surface area contributed by atoms with E-state index in [9.17, 15) is 13.2 Å². The Morgan fingerprint density at radius 2 is 2.17 bits per heavy atom. The van der Waals surface area contributed by atoms with Gasteiger partial charge in [-0.25, -0.2) is 4.98 Å². The Morgan fingerprint density at radius 3 is 2.87 bits per heavy atom. The van der Waals surface area contributed by atoms with Crippen molar-refractivity contribution in [2.24, 2.45) is 5.73 Å². The first kappa shape index (κ1) is 16.4. The normalized spacial score (nSPS) is 13.6. The predicted molar refractivity (Wildman–Crippen MR) is 86.0 cm³/mol. The SMILES string of the molecule is CC(N)Cc1c(Sc2cccc(C(F)(F)F)c2)nc2sccn12. The molecule has 8 heteroatoms. The monoisotopic (exact) mass is 357 g/mol. The summed E-state index contributed by atoms with van der Waals surface area (Å²) in [5.41, 5.74) is 6.17. The number of alkyl halides is 3. The first-order chi connectivity index (χ1) is 10.8. The molecule has 0 amide bonds. The van der Waals surface area contributed by atoms with E-state index in [2.05, 4.69) is 4.98 Å². The topological polar surface area (TPSA) is 43.3 Å². The van der Waals surface area contributed by atoms with Crippen LogP contribution in [-0.2, 0) is 12.6 Å². The summed E-state index contributed by atoms with van der Waals surface area (Å²) >= 11 is 2.72. The van der Waals surface area contributed by atoms with E-state index in [1.165, 1.54) is 29.2 Å². The third kappa shape index (κ3) is 3.54. The molecule has 23 heavy (non-hydrogen) atoms. The van der Waals surface area contributed by atoms with Crippen LogP contribution in [0.5, 0.6) is 0 Å². The molecule has 122 valence electrons. The third-order valence-electron chi connectivity index (χ3n) is 3.22. The van der Waals surface area contributed by atoms with Gasteiger partial charge in [0.15, 0.2) is 4.96 Å². The second-order valence-corrected chi connectivity index (χ2v) is 7.16. The number of nitrogens with zero attached hydrogens (tertiary/aromatic N) is 2. The maximum atomic E-state index is 12.8. The number of hydrogen-bond acceptors (Lipinski definition) is 4. The van der Waals surface area contributed by atoms with Crippen molar-refractivity contribution in [1.82, 2.24) is 9.38 Å². The van der Waals surface area contributed by atoms with E-state index >= 15 is 0 Å². The average Bonchev–Trinajstić information content (AvgIpc) is 3.01. The maximum Gasteiger partial charge on any atom is 0.416 e. The Morgan fingerprint density at radius 1 is 1.39 bits per heavy atom. The third-order valence-corrected chi connectivity index (χ3v) is 4.98. The summed E-state index contributed by atoms with van der Waals surface area (Å²) in [7, 11) is 0. The highest BCUT2D eigenvalue weighted by Gasteiger charge is 2.30. The minimum absolute atomic E-state index is 0.0596. The smallest absolute Gasteiger partial charge is 0.328 e. The zero-order valence-electron chi connectivity index (χ0n) is 12.2. The van der Waals surface area contributed by atoms with Crippen LogP contribution in [0.25, 0.3) is 4.96 Å². The highest BCUT2D eigenvalue weighted by Crippen LogP contribution is 2.36. The van der Waals surface area contributed by atoms with E-state index < -0.39 is 11.7 Å². The van der Waals surface area contributed by atoms with Crippen molar-refractivity contribution in [3.8, 4) is 0 Å². The lowest BCUT2D eigenvalue weighted by Crippen LogP contribution is -2.19. The van der Waals surface area contributed by atoms with Gasteiger partial charge in [0.05, 0.1) is 11.3 Å². The lowest BCUT2D eigenvalue weighted by Gasteiger charge is -2.09. The summed E-state index contributed by atoms with van der Waals surface area (Å²) < 4.78 is 40.4. The first-order valence-corrected chi connectivity index (χ1v) is 8.59. The molecule has 0 bridgehead atoms. The molecule has 2 N–H and O–H groups in total. The molecule has 1 atom stereocenters. The molecule has 1 unspecified atom stereocenters. The molecule has 1 aromatic carbocycles. The van der Waals surface area contributed by atoms with E-state index in [4.69, 9.17) is 5.73 Å². The van der Waals surface area contributed by atoms with Gasteiger partial charge in [0.2, 0.25) is 0 Å². The zero-order valence-corrected chi connectivity index (χ0v) is 13.8. The van der Waals surface area contributed by atoms with Crippen LogP contribution in [0.15, 0.2) is 45.8 Å². The predicted octanol–water partition coefficient (Wildman–Crippen LogP) is 4.46. The van der Waals surface area contributed by atoms with Crippen molar-refractivity contribution < 1.29 is 13.2 Å². The molecular weight excluding hydrogens is 343 g/mol. The highest BCUT2D eigenvalue weighted by molar-refractivity contribution is 7.99. The Hall–Kier alpha value is -1.51. The van der Waals surface area contributed by atoms with E-state index in [1.54, 1.807) is 6.07 Å². The van der Waals surface area contributed by atoms with Crippen molar-refractivity contribution in [3.63, 3.8) is 0 Å². The standard InChI is InChI=1S/C15H14F3N3S2/c1-9(19)7-12-13(20-14-21(12)5-6-22-14)23-11-4-2-3-10(8-11)15(16,17)18/h2-6,8-9H,7,19H2,1H3. The summed E-state index contributed by atoms with van der Waals surface area (Å²) in [5.74, 6) is 0. The lowest BCUT2D eigenvalue weighted by atomic mass is 10.2. The molecule has 3 aromatic rings. The lowest BCUT2D eigenvalue weighted by molar-refractivity contribution is -0.137. The summed E-state index contributed by atoms with van der Waals surface area (Å²) in [6, 6.07) is 5.22. The molecule has 0 radical (unpaired) electrons. The number of halogens is 3. The van der Waals surface area contributed by atoms with Crippen LogP contribution >= 0.6 is 23.1 Å². The number of nitrogens with two attached hydrogens (primary N) is 1. The zero-order chi connectivity index (χ0) is 16.6. The van der Waals surface area contributed by atoms with E-state index in [0.29, 0.717) is 16.3 Å². The van der Waals surface area contributed by atoms with Gasteiger partial charge in [-0.15, -0.1) is 11.3 Å². The van der Waals surface area contributed by atoms with Crippen LogP contribution in [0.1, 0.15) is 18.2 Å². The summed E-state index contributed by atoms with van der Waals surface area (Å²) in [5, 5.41) is 2.62. The summed E-state index contributed by atoms with van der Waals surface area (Å²) in [6.07, 6.45) is -1.83. The van der Waals surface area contributed by atoms with Crippen LogP contribution in [0.2, 0.25) is 0 Å². The van der Waals surface area contributed by atoms with E-state index in [0.717, 1.165) is 22.8 Å². The van der Waals surface area contributed by atoms with Crippen molar-refractivity contribution in [2.75, 3.05) is 0 Å². The molecule has 0 aliphatic rings. The first-order valence-electron chi connectivity index (χ1n) is 6.89. The quantitative estimate of drug-likeness (QED) is 0.750. The molecule has 2 aromatic heterocycles. The molecule has 0 aliphatic heterocycles. The van der Waals surface area contributed by atoms with Crippen LogP contribution in [-0.4, -0.2) is 15.4 Å². The second kappa shape index (κ2) is 6.18. The van der Waals surface area contributed by atoms with Gasteiger partial charge < -0.3 is 5.73 Å². The number of fused-ring (bicyclic) bond motifs is 1. The number of rotatable bonds is 4. The van der Waals surface area contributed by atoms with Crippen LogP contribution in [0.3, 0.4) is 0 Å². The van der Waals surface area contributed by atoms with Crippen molar-refractivity contribution in [2.45, 2.75) is 35.5 Å². The average molecular weight is 357 g/mol. The molecule has 3 nitrogen and oxygen atoms in total. The Kier molecular flexibility index (Phi) is 4.39. The van der Waals surface area contributed by atoms with Crippen molar-refractivity contribution >= 4 is 28.1 Å². The van der Waals surface area contributed by atoms with Crippen molar-refractivity contribution in [3.05, 3.63) is 47.1 Å². The number of imidazole rings is 1. The highest BCUT2D eigenvalue weighted by atomic mass is 32.2. The van der Waals surface area contributed by atoms with E-state index in [-0.39, 0.29) is 6.04 Å². The minimum Gasteiger partial charge on any atom is -0.328 e. The molecule has 2 heterocycles. The summed E-state index contributed by atoms with van der Waals surface area (Å²) in [4.78, 5) is 5.85. The van der Waals surface area contributed by atoms with Gasteiger partial charge in [-0.3, -0.25) is 4.40 Å². The largest absolute Gasteiger partial charge is 0.416 e. The number of aromatic nitrogens is 2. The molecule has 3 rings (SSSR count). The Labute approximate surface area is 139 Å². The molecular formula is C15H14F3N3S2. The van der Waals surface area contributed by atoms with Crippen LogP contribution < -0.4 is 5.73 Å². The maximum absolute atomic E-state index is 12.8. The fourth-order valence-corrected chi connectivity index (χ4v) is 4.01. The molecule has 0 spiro atoms. The molecule has 0 saturated heterocycles. The van der Waals surface area contributed by atoms with Gasteiger partial charge in [-0.1, -0.05) is 17.8 Å².